The summed E-state index contributed by atoms with van der Waals surface area (Å²) in [5.41, 5.74) is 0.660. The zero-order valence-corrected chi connectivity index (χ0v) is 15.4. The van der Waals surface area contributed by atoms with Gasteiger partial charge in [-0.25, -0.2) is 8.42 Å². The molecule has 1 N–H and O–H groups in total. The summed E-state index contributed by atoms with van der Waals surface area (Å²) in [6.45, 7) is 0.482. The molecule has 0 radical (unpaired) electrons. The Morgan fingerprint density at radius 1 is 1.31 bits per heavy atom. The Balaban J connectivity index is 1.66. The van der Waals surface area contributed by atoms with E-state index in [0.29, 0.717) is 30.2 Å². The van der Waals surface area contributed by atoms with Crippen molar-refractivity contribution >= 4 is 21.4 Å². The van der Waals surface area contributed by atoms with Crippen molar-refractivity contribution in [3.05, 3.63) is 48.4 Å². The van der Waals surface area contributed by atoms with E-state index in [-0.39, 0.29) is 30.0 Å². The predicted molar refractivity (Wildman–Crippen MR) is 97.8 cm³/mol. The molecule has 140 valence electrons. The Hall–Kier alpha value is -2.32. The molecule has 2 heterocycles. The number of benzene rings is 1. The molecule has 1 amide bonds. The van der Waals surface area contributed by atoms with Gasteiger partial charge in [-0.3, -0.25) is 9.69 Å². The average molecular weight is 378 g/mol. The molecular weight excluding hydrogens is 356 g/mol. The zero-order valence-electron chi connectivity index (χ0n) is 14.6. The number of rotatable bonds is 7. The molecule has 1 atom stereocenters. The summed E-state index contributed by atoms with van der Waals surface area (Å²) < 4.78 is 34.1. The van der Waals surface area contributed by atoms with Crippen molar-refractivity contribution in [3.8, 4) is 5.75 Å². The van der Waals surface area contributed by atoms with Crippen LogP contribution in [0.15, 0.2) is 47.1 Å². The van der Waals surface area contributed by atoms with Crippen LogP contribution in [0, 0.1) is 0 Å². The number of hydrogen-bond acceptors (Lipinski definition) is 6. The molecule has 1 aromatic heterocycles. The van der Waals surface area contributed by atoms with Gasteiger partial charge in [0.2, 0.25) is 5.91 Å². The normalized spacial score (nSPS) is 18.8. The number of sulfone groups is 1. The molecule has 0 aliphatic carbocycles. The quantitative estimate of drug-likeness (QED) is 0.792. The molecule has 1 unspecified atom stereocenters. The number of anilines is 1. The maximum Gasteiger partial charge on any atom is 0.238 e. The topological polar surface area (TPSA) is 88.8 Å². The van der Waals surface area contributed by atoms with Crippen LogP contribution in [0.2, 0.25) is 0 Å². The van der Waals surface area contributed by atoms with Crippen LogP contribution in [0.1, 0.15) is 12.2 Å². The number of carbonyl (C=O) groups is 1. The Labute approximate surface area is 152 Å². The highest BCUT2D eigenvalue weighted by atomic mass is 32.2. The fourth-order valence-electron chi connectivity index (χ4n) is 3.04. The minimum Gasteiger partial charge on any atom is -0.497 e. The highest BCUT2D eigenvalue weighted by Crippen LogP contribution is 2.21. The van der Waals surface area contributed by atoms with Gasteiger partial charge in [0.15, 0.2) is 9.84 Å². The van der Waals surface area contributed by atoms with Gasteiger partial charge >= 0.3 is 0 Å². The predicted octanol–water partition coefficient (Wildman–Crippen LogP) is 1.92. The maximum atomic E-state index is 12.5. The second-order valence-corrected chi connectivity index (χ2v) is 8.55. The summed E-state index contributed by atoms with van der Waals surface area (Å²) in [6.07, 6.45) is 2.09. The fraction of sp³-hybridized carbons (Fsp3) is 0.389. The number of carbonyl (C=O) groups excluding carboxylic acids is 1. The lowest BCUT2D eigenvalue weighted by Gasteiger charge is -2.26. The van der Waals surface area contributed by atoms with Gasteiger partial charge in [-0.2, -0.15) is 0 Å². The summed E-state index contributed by atoms with van der Waals surface area (Å²) >= 11 is 0. The minimum absolute atomic E-state index is 0.0729. The molecule has 26 heavy (non-hydrogen) atoms. The SMILES string of the molecule is COc1ccc(NC(=O)CN(Cc2ccco2)C2CCS(=O)(=O)C2)cc1. The van der Waals surface area contributed by atoms with Gasteiger partial charge in [-0.15, -0.1) is 0 Å². The van der Waals surface area contributed by atoms with E-state index in [1.807, 2.05) is 11.0 Å². The van der Waals surface area contributed by atoms with E-state index in [0.717, 1.165) is 0 Å². The highest BCUT2D eigenvalue weighted by molar-refractivity contribution is 7.91. The Morgan fingerprint density at radius 2 is 2.08 bits per heavy atom. The van der Waals surface area contributed by atoms with Crippen LogP contribution in [-0.2, 0) is 21.2 Å². The third-order valence-corrected chi connectivity index (χ3v) is 6.13. The number of furan rings is 1. The minimum atomic E-state index is -3.04. The number of ether oxygens (including phenoxy) is 1. The van der Waals surface area contributed by atoms with E-state index in [1.54, 1.807) is 43.7 Å². The fourth-order valence-corrected chi connectivity index (χ4v) is 4.80. The largest absolute Gasteiger partial charge is 0.497 e. The molecule has 1 saturated heterocycles. The first-order valence-corrected chi connectivity index (χ1v) is 10.2. The molecule has 1 aliphatic heterocycles. The van der Waals surface area contributed by atoms with E-state index in [9.17, 15) is 13.2 Å². The van der Waals surface area contributed by atoms with Crippen LogP contribution in [-0.4, -0.2) is 50.4 Å². The molecule has 2 aromatic rings. The number of nitrogens with zero attached hydrogens (tertiary/aromatic N) is 1. The first-order chi connectivity index (χ1) is 12.4. The van der Waals surface area contributed by atoms with Crippen LogP contribution in [0.5, 0.6) is 5.75 Å². The van der Waals surface area contributed by atoms with Crippen LogP contribution in [0.4, 0.5) is 5.69 Å². The summed E-state index contributed by atoms with van der Waals surface area (Å²) in [5, 5.41) is 2.83. The van der Waals surface area contributed by atoms with Crippen LogP contribution < -0.4 is 10.1 Å². The van der Waals surface area contributed by atoms with Crippen molar-refractivity contribution in [2.45, 2.75) is 19.0 Å². The monoisotopic (exact) mass is 378 g/mol. The van der Waals surface area contributed by atoms with Crippen LogP contribution in [0.3, 0.4) is 0 Å². The average Bonchev–Trinajstić information content (AvgIpc) is 3.24. The van der Waals surface area contributed by atoms with E-state index in [1.165, 1.54) is 0 Å². The second kappa shape index (κ2) is 7.92. The number of methoxy groups -OCH3 is 1. The lowest BCUT2D eigenvalue weighted by molar-refractivity contribution is -0.118. The Bertz CT molecular complexity index is 831. The first-order valence-electron chi connectivity index (χ1n) is 8.36. The Kier molecular flexibility index (Phi) is 5.63. The zero-order chi connectivity index (χ0) is 18.6. The van der Waals surface area contributed by atoms with Gasteiger partial charge in [0, 0.05) is 11.7 Å². The lowest BCUT2D eigenvalue weighted by Crippen LogP contribution is -2.41. The molecular formula is C18H22N2O5S. The Morgan fingerprint density at radius 3 is 2.65 bits per heavy atom. The number of amides is 1. The molecule has 8 heteroatoms. The molecule has 0 bridgehead atoms. The van der Waals surface area contributed by atoms with E-state index < -0.39 is 9.84 Å². The second-order valence-electron chi connectivity index (χ2n) is 6.32. The van der Waals surface area contributed by atoms with Gasteiger partial charge in [0.25, 0.3) is 0 Å². The van der Waals surface area contributed by atoms with Crippen molar-refractivity contribution in [2.24, 2.45) is 0 Å². The van der Waals surface area contributed by atoms with Gasteiger partial charge < -0.3 is 14.5 Å². The lowest BCUT2D eigenvalue weighted by atomic mass is 10.2. The highest BCUT2D eigenvalue weighted by Gasteiger charge is 2.33. The summed E-state index contributed by atoms with van der Waals surface area (Å²) in [7, 11) is -1.46. The number of nitrogens with one attached hydrogen (secondary N) is 1. The van der Waals surface area contributed by atoms with E-state index in [2.05, 4.69) is 5.32 Å². The van der Waals surface area contributed by atoms with Crippen LogP contribution >= 0.6 is 0 Å². The van der Waals surface area contributed by atoms with Crippen molar-refractivity contribution in [1.82, 2.24) is 4.90 Å². The summed E-state index contributed by atoms with van der Waals surface area (Å²) in [5.74, 6) is 1.44. The first kappa shape index (κ1) is 18.5. The molecule has 1 aromatic carbocycles. The molecule has 3 rings (SSSR count). The standard InChI is InChI=1S/C18H22N2O5S/c1-24-16-6-4-14(5-7-16)19-18(21)12-20(11-17-3-2-9-25-17)15-8-10-26(22,23)13-15/h2-7,9,15H,8,10-13H2,1H3,(H,19,21). The molecule has 7 nitrogen and oxygen atoms in total. The van der Waals surface area contributed by atoms with Crippen molar-refractivity contribution in [1.29, 1.82) is 0 Å². The summed E-state index contributed by atoms with van der Waals surface area (Å²) in [4.78, 5) is 14.3. The van der Waals surface area contributed by atoms with Gasteiger partial charge in [-0.05, 0) is 42.8 Å². The molecule has 0 spiro atoms. The third kappa shape index (κ3) is 4.86. The maximum absolute atomic E-state index is 12.5. The smallest absolute Gasteiger partial charge is 0.238 e. The van der Waals surface area contributed by atoms with Crippen molar-refractivity contribution < 1.29 is 22.4 Å². The van der Waals surface area contributed by atoms with Gasteiger partial charge in [-0.1, -0.05) is 0 Å². The van der Waals surface area contributed by atoms with Gasteiger partial charge in [0.05, 0.1) is 38.0 Å². The molecule has 0 saturated carbocycles. The van der Waals surface area contributed by atoms with Crippen molar-refractivity contribution in [2.75, 3.05) is 30.5 Å². The van der Waals surface area contributed by atoms with Crippen molar-refractivity contribution in [3.63, 3.8) is 0 Å². The van der Waals surface area contributed by atoms with E-state index >= 15 is 0 Å². The summed E-state index contributed by atoms with van der Waals surface area (Å²) in [6, 6.07) is 10.4. The van der Waals surface area contributed by atoms with Crippen LogP contribution in [0.25, 0.3) is 0 Å². The molecule has 1 aliphatic rings. The van der Waals surface area contributed by atoms with Gasteiger partial charge in [0.1, 0.15) is 11.5 Å². The third-order valence-electron chi connectivity index (χ3n) is 4.38. The van der Waals surface area contributed by atoms with E-state index in [4.69, 9.17) is 9.15 Å². The number of hydrogen-bond donors (Lipinski definition) is 1. The molecule has 1 fully saturated rings.